The zero-order valence-electron chi connectivity index (χ0n) is 11.3. The van der Waals surface area contributed by atoms with Gasteiger partial charge in [-0.25, -0.2) is 4.79 Å². The normalized spacial score (nSPS) is 10.9. The van der Waals surface area contributed by atoms with Crippen LogP contribution in [0.5, 0.6) is 5.75 Å². The van der Waals surface area contributed by atoms with Crippen molar-refractivity contribution in [1.82, 2.24) is 10.3 Å². The molecule has 5 heteroatoms. The molecule has 0 spiro atoms. The third-order valence-electron chi connectivity index (χ3n) is 2.83. The van der Waals surface area contributed by atoms with Gasteiger partial charge in [0.1, 0.15) is 0 Å². The second kappa shape index (κ2) is 6.05. The summed E-state index contributed by atoms with van der Waals surface area (Å²) in [5.74, 6) is 0.414. The Balaban J connectivity index is 2.04. The van der Waals surface area contributed by atoms with E-state index in [4.69, 9.17) is 4.74 Å². The highest BCUT2D eigenvalue weighted by Crippen LogP contribution is 2.22. The maximum Gasteiger partial charge on any atom is 0.413 e. The minimum atomic E-state index is -0.528. The van der Waals surface area contributed by atoms with Crippen LogP contribution in [0.2, 0.25) is 0 Å². The van der Waals surface area contributed by atoms with Gasteiger partial charge < -0.3 is 10.1 Å². The number of carbonyl (C=O) groups excluding carboxylic acids is 1. The van der Waals surface area contributed by atoms with Crippen LogP contribution in [-0.4, -0.2) is 11.1 Å². The van der Waals surface area contributed by atoms with E-state index in [1.165, 1.54) is 6.20 Å². The number of nitrogens with zero attached hydrogens (tertiary/aromatic N) is 1. The zero-order valence-corrected chi connectivity index (χ0v) is 12.8. The first kappa shape index (κ1) is 14.5. The number of rotatable bonds is 3. The molecule has 0 aliphatic carbocycles. The number of amides is 1. The van der Waals surface area contributed by atoms with Crippen molar-refractivity contribution in [3.63, 3.8) is 0 Å². The zero-order chi connectivity index (χ0) is 14.6. The van der Waals surface area contributed by atoms with Crippen molar-refractivity contribution in [2.75, 3.05) is 0 Å². The number of ether oxygens (including phenoxy) is 1. The molecule has 1 amide bonds. The minimum Gasteiger partial charge on any atom is -0.409 e. The molecular formula is C15H15BrN2O2. The van der Waals surface area contributed by atoms with Gasteiger partial charge in [-0.2, -0.15) is 0 Å². The fourth-order valence-electron chi connectivity index (χ4n) is 1.73. The van der Waals surface area contributed by atoms with Gasteiger partial charge in [0, 0.05) is 10.7 Å². The summed E-state index contributed by atoms with van der Waals surface area (Å²) in [6.07, 6.45) is 2.61. The Labute approximate surface area is 126 Å². The molecule has 4 nitrogen and oxygen atoms in total. The molecule has 0 atom stereocenters. The molecule has 0 saturated carbocycles. The second-order valence-corrected chi connectivity index (χ2v) is 5.75. The van der Waals surface area contributed by atoms with Gasteiger partial charge in [0.25, 0.3) is 0 Å². The van der Waals surface area contributed by atoms with Gasteiger partial charge in [0.15, 0.2) is 5.75 Å². The van der Waals surface area contributed by atoms with Crippen LogP contribution in [0, 0.1) is 0 Å². The molecule has 1 aromatic heterocycles. The Morgan fingerprint density at radius 1 is 1.25 bits per heavy atom. The SMILES string of the molecule is CC(C)(NC(=O)Oc1cccnc1)c1ccc(Br)cc1. The van der Waals surface area contributed by atoms with E-state index < -0.39 is 11.6 Å². The lowest BCUT2D eigenvalue weighted by Gasteiger charge is -2.26. The summed E-state index contributed by atoms with van der Waals surface area (Å²) in [4.78, 5) is 15.8. The molecule has 104 valence electrons. The quantitative estimate of drug-likeness (QED) is 0.926. The molecule has 2 aromatic rings. The van der Waals surface area contributed by atoms with Gasteiger partial charge in [-0.05, 0) is 43.7 Å². The van der Waals surface area contributed by atoms with E-state index >= 15 is 0 Å². The summed E-state index contributed by atoms with van der Waals surface area (Å²) >= 11 is 3.39. The van der Waals surface area contributed by atoms with Crippen LogP contribution in [0.4, 0.5) is 4.79 Å². The molecule has 2 rings (SSSR count). The molecule has 1 heterocycles. The van der Waals surface area contributed by atoms with Crippen LogP contribution >= 0.6 is 15.9 Å². The number of aromatic nitrogens is 1. The lowest BCUT2D eigenvalue weighted by Crippen LogP contribution is -2.42. The molecular weight excluding hydrogens is 320 g/mol. The molecule has 0 aliphatic rings. The van der Waals surface area contributed by atoms with Crippen molar-refractivity contribution in [3.05, 3.63) is 58.8 Å². The Hall–Kier alpha value is -1.88. The number of hydrogen-bond donors (Lipinski definition) is 1. The van der Waals surface area contributed by atoms with Crippen LogP contribution < -0.4 is 10.1 Å². The predicted molar refractivity (Wildman–Crippen MR) is 80.6 cm³/mol. The molecule has 0 unspecified atom stereocenters. The highest BCUT2D eigenvalue weighted by atomic mass is 79.9. The third kappa shape index (κ3) is 3.81. The summed E-state index contributed by atoms with van der Waals surface area (Å²) in [5, 5.41) is 2.84. The number of pyridine rings is 1. The first-order valence-corrected chi connectivity index (χ1v) is 6.93. The van der Waals surface area contributed by atoms with Crippen LogP contribution in [0.3, 0.4) is 0 Å². The van der Waals surface area contributed by atoms with Crippen LogP contribution in [0.15, 0.2) is 53.3 Å². The van der Waals surface area contributed by atoms with E-state index in [1.807, 2.05) is 38.1 Å². The van der Waals surface area contributed by atoms with E-state index in [9.17, 15) is 4.79 Å². The Morgan fingerprint density at radius 3 is 2.55 bits per heavy atom. The van der Waals surface area contributed by atoms with Crippen LogP contribution in [0.25, 0.3) is 0 Å². The Morgan fingerprint density at radius 2 is 1.95 bits per heavy atom. The van der Waals surface area contributed by atoms with Crippen molar-refractivity contribution in [1.29, 1.82) is 0 Å². The average molecular weight is 335 g/mol. The topological polar surface area (TPSA) is 51.2 Å². The molecule has 0 aliphatic heterocycles. The summed E-state index contributed by atoms with van der Waals surface area (Å²) in [7, 11) is 0. The molecule has 0 fully saturated rings. The molecule has 1 N–H and O–H groups in total. The second-order valence-electron chi connectivity index (χ2n) is 4.84. The van der Waals surface area contributed by atoms with E-state index in [-0.39, 0.29) is 0 Å². The van der Waals surface area contributed by atoms with Gasteiger partial charge in [0.2, 0.25) is 0 Å². The molecule has 20 heavy (non-hydrogen) atoms. The van der Waals surface area contributed by atoms with Gasteiger partial charge in [-0.1, -0.05) is 28.1 Å². The van der Waals surface area contributed by atoms with Crippen molar-refractivity contribution in [2.45, 2.75) is 19.4 Å². The van der Waals surface area contributed by atoms with Crippen molar-refractivity contribution in [2.24, 2.45) is 0 Å². The van der Waals surface area contributed by atoms with Crippen LogP contribution in [-0.2, 0) is 5.54 Å². The smallest absolute Gasteiger partial charge is 0.409 e. The predicted octanol–water partition coefficient (Wildman–Crippen LogP) is 3.87. The highest BCUT2D eigenvalue weighted by molar-refractivity contribution is 9.10. The lowest BCUT2D eigenvalue weighted by molar-refractivity contribution is 0.188. The molecule has 1 aromatic carbocycles. The summed E-state index contributed by atoms with van der Waals surface area (Å²) in [6, 6.07) is 11.2. The van der Waals surface area contributed by atoms with Crippen molar-refractivity contribution < 1.29 is 9.53 Å². The monoisotopic (exact) mass is 334 g/mol. The minimum absolute atomic E-state index is 0.414. The molecule has 0 saturated heterocycles. The maximum atomic E-state index is 11.9. The van der Waals surface area contributed by atoms with Crippen molar-refractivity contribution >= 4 is 22.0 Å². The van der Waals surface area contributed by atoms with Gasteiger partial charge >= 0.3 is 6.09 Å². The number of hydrogen-bond acceptors (Lipinski definition) is 3. The summed E-state index contributed by atoms with van der Waals surface area (Å²) < 4.78 is 6.17. The molecule has 0 bridgehead atoms. The fourth-order valence-corrected chi connectivity index (χ4v) is 2.00. The number of carbonyl (C=O) groups is 1. The van der Waals surface area contributed by atoms with E-state index in [0.29, 0.717) is 5.75 Å². The third-order valence-corrected chi connectivity index (χ3v) is 3.35. The first-order chi connectivity index (χ1) is 9.47. The number of halogens is 1. The standard InChI is InChI=1S/C15H15BrN2O2/c1-15(2,11-5-7-12(16)8-6-11)18-14(19)20-13-4-3-9-17-10-13/h3-10H,1-2H3,(H,18,19). The van der Waals surface area contributed by atoms with E-state index in [2.05, 4.69) is 26.2 Å². The fraction of sp³-hybridized carbons (Fsp3) is 0.200. The lowest BCUT2D eigenvalue weighted by atomic mass is 9.95. The van der Waals surface area contributed by atoms with E-state index in [1.54, 1.807) is 18.3 Å². The molecule has 0 radical (unpaired) electrons. The van der Waals surface area contributed by atoms with Gasteiger partial charge in [-0.3, -0.25) is 4.98 Å². The largest absolute Gasteiger partial charge is 0.413 e. The average Bonchev–Trinajstić information content (AvgIpc) is 2.39. The van der Waals surface area contributed by atoms with E-state index in [0.717, 1.165) is 10.0 Å². The number of benzene rings is 1. The van der Waals surface area contributed by atoms with Gasteiger partial charge in [0.05, 0.1) is 11.7 Å². The Kier molecular flexibility index (Phi) is 4.39. The highest BCUT2D eigenvalue weighted by Gasteiger charge is 2.23. The number of nitrogens with one attached hydrogen (secondary N) is 1. The van der Waals surface area contributed by atoms with Crippen molar-refractivity contribution in [3.8, 4) is 5.75 Å². The maximum absolute atomic E-state index is 11.9. The van der Waals surface area contributed by atoms with Gasteiger partial charge in [-0.15, -0.1) is 0 Å². The Bertz CT molecular complexity index is 583. The summed E-state index contributed by atoms with van der Waals surface area (Å²) in [6.45, 7) is 3.83. The van der Waals surface area contributed by atoms with Crippen LogP contribution in [0.1, 0.15) is 19.4 Å². The summed E-state index contributed by atoms with van der Waals surface area (Å²) in [5.41, 5.74) is 0.462. The first-order valence-electron chi connectivity index (χ1n) is 6.13.